The van der Waals surface area contributed by atoms with Crippen molar-refractivity contribution >= 4 is 50.5 Å². The van der Waals surface area contributed by atoms with E-state index >= 15 is 0 Å². The third-order valence-corrected chi connectivity index (χ3v) is 5.97. The molecule has 0 saturated carbocycles. The molecule has 0 fully saturated rings. The van der Waals surface area contributed by atoms with Gasteiger partial charge in [-0.3, -0.25) is 0 Å². The normalized spacial score (nSPS) is 12.6. The first kappa shape index (κ1) is 17.3. The van der Waals surface area contributed by atoms with E-state index in [1.807, 2.05) is 18.2 Å². The van der Waals surface area contributed by atoms with E-state index in [-0.39, 0.29) is 0 Å². The average Bonchev–Trinajstić information content (AvgIpc) is 2.85. The Labute approximate surface area is 148 Å². The molecule has 0 aliphatic rings. The quantitative estimate of drug-likeness (QED) is 0.596. The third kappa shape index (κ3) is 4.97. The Kier molecular flexibility index (Phi) is 7.03. The maximum Gasteiger partial charge on any atom is 0.0453 e. The summed E-state index contributed by atoms with van der Waals surface area (Å²) in [5.41, 5.74) is 1.03. The van der Waals surface area contributed by atoms with E-state index in [0.29, 0.717) is 6.04 Å². The number of benzene rings is 1. The molecule has 0 bridgehead atoms. The van der Waals surface area contributed by atoms with Gasteiger partial charge >= 0.3 is 0 Å². The van der Waals surface area contributed by atoms with Crippen molar-refractivity contribution in [2.24, 2.45) is 0 Å². The largest absolute Gasteiger partial charge is 0.313 e. The van der Waals surface area contributed by atoms with Crippen LogP contribution in [0.15, 0.2) is 34.1 Å². The Morgan fingerprint density at radius 1 is 1.19 bits per heavy atom. The summed E-state index contributed by atoms with van der Waals surface area (Å²) in [7, 11) is 0. The molecule has 1 aromatic heterocycles. The van der Waals surface area contributed by atoms with Crippen molar-refractivity contribution in [1.29, 1.82) is 0 Å². The lowest BCUT2D eigenvalue weighted by Crippen LogP contribution is -2.33. The molecule has 0 saturated heterocycles. The predicted octanol–water partition coefficient (Wildman–Crippen LogP) is 5.97. The van der Waals surface area contributed by atoms with Gasteiger partial charge in [0.2, 0.25) is 0 Å². The molecule has 1 aromatic carbocycles. The van der Waals surface area contributed by atoms with Crippen molar-refractivity contribution in [2.75, 3.05) is 6.54 Å². The number of rotatable bonds is 7. The Hall–Kier alpha value is -0.0600. The molecule has 5 heteroatoms. The maximum absolute atomic E-state index is 6.30. The van der Waals surface area contributed by atoms with Crippen LogP contribution in [0.4, 0.5) is 0 Å². The second kappa shape index (κ2) is 8.54. The molecule has 0 amide bonds. The molecule has 1 heterocycles. The van der Waals surface area contributed by atoms with Crippen molar-refractivity contribution in [2.45, 2.75) is 32.2 Å². The van der Waals surface area contributed by atoms with Gasteiger partial charge in [-0.2, -0.15) is 0 Å². The van der Waals surface area contributed by atoms with Crippen LogP contribution in [0.2, 0.25) is 10.0 Å². The van der Waals surface area contributed by atoms with Crippen molar-refractivity contribution in [1.82, 2.24) is 5.32 Å². The van der Waals surface area contributed by atoms with Gasteiger partial charge in [-0.25, -0.2) is 0 Å². The van der Waals surface area contributed by atoms with E-state index in [2.05, 4.69) is 39.6 Å². The molecule has 1 atom stereocenters. The van der Waals surface area contributed by atoms with E-state index in [1.165, 1.54) is 9.35 Å². The van der Waals surface area contributed by atoms with Gasteiger partial charge in [0.25, 0.3) is 0 Å². The number of nitrogens with one attached hydrogen (secondary N) is 1. The van der Waals surface area contributed by atoms with Crippen molar-refractivity contribution < 1.29 is 0 Å². The van der Waals surface area contributed by atoms with Gasteiger partial charge in [0.1, 0.15) is 0 Å². The molecule has 2 rings (SSSR count). The van der Waals surface area contributed by atoms with Crippen LogP contribution in [-0.4, -0.2) is 12.6 Å². The molecule has 0 radical (unpaired) electrons. The zero-order valence-electron chi connectivity index (χ0n) is 11.8. The van der Waals surface area contributed by atoms with Gasteiger partial charge in [-0.15, -0.1) is 11.3 Å². The van der Waals surface area contributed by atoms with Gasteiger partial charge in [-0.1, -0.05) is 36.2 Å². The summed E-state index contributed by atoms with van der Waals surface area (Å²) >= 11 is 18.0. The minimum absolute atomic E-state index is 0.331. The lowest BCUT2D eigenvalue weighted by molar-refractivity contribution is 0.507. The summed E-state index contributed by atoms with van der Waals surface area (Å²) in [5.74, 6) is 0. The molecule has 21 heavy (non-hydrogen) atoms. The first-order valence-corrected chi connectivity index (χ1v) is 9.42. The highest BCUT2D eigenvalue weighted by molar-refractivity contribution is 9.10. The topological polar surface area (TPSA) is 12.0 Å². The first-order valence-electron chi connectivity index (χ1n) is 7.00. The highest BCUT2D eigenvalue weighted by atomic mass is 79.9. The second-order valence-electron chi connectivity index (χ2n) is 4.95. The number of thiophene rings is 1. The summed E-state index contributed by atoms with van der Waals surface area (Å²) in [6.45, 7) is 3.17. The van der Waals surface area contributed by atoms with Crippen LogP contribution in [0.3, 0.4) is 0 Å². The van der Waals surface area contributed by atoms with Gasteiger partial charge in [0.05, 0.1) is 0 Å². The lowest BCUT2D eigenvalue weighted by Gasteiger charge is -2.19. The van der Waals surface area contributed by atoms with Crippen LogP contribution in [0.1, 0.15) is 23.8 Å². The molecule has 0 spiro atoms. The zero-order valence-corrected chi connectivity index (χ0v) is 15.7. The van der Waals surface area contributed by atoms with Crippen molar-refractivity contribution in [3.63, 3.8) is 0 Å². The Morgan fingerprint density at radius 3 is 2.48 bits per heavy atom. The highest BCUT2D eigenvalue weighted by Gasteiger charge is 2.16. The molecule has 1 nitrogen and oxygen atoms in total. The Bertz CT molecular complexity index is 565. The summed E-state index contributed by atoms with van der Waals surface area (Å²) in [5, 5.41) is 7.21. The van der Waals surface area contributed by atoms with Crippen LogP contribution < -0.4 is 5.32 Å². The third-order valence-electron chi connectivity index (χ3n) is 3.32. The molecule has 1 unspecified atom stereocenters. The van der Waals surface area contributed by atoms with Crippen LogP contribution in [0, 0.1) is 0 Å². The highest BCUT2D eigenvalue weighted by Crippen LogP contribution is 2.28. The van der Waals surface area contributed by atoms with Crippen molar-refractivity contribution in [3.05, 3.63) is 54.6 Å². The van der Waals surface area contributed by atoms with Gasteiger partial charge in [0, 0.05) is 25.4 Å². The molecule has 2 aromatic rings. The average molecular weight is 407 g/mol. The minimum Gasteiger partial charge on any atom is -0.313 e. The predicted molar refractivity (Wildman–Crippen MR) is 98.0 cm³/mol. The summed E-state index contributed by atoms with van der Waals surface area (Å²) in [6, 6.07) is 8.12. The summed E-state index contributed by atoms with van der Waals surface area (Å²) in [6.07, 6.45) is 2.92. The van der Waals surface area contributed by atoms with Crippen molar-refractivity contribution in [3.8, 4) is 0 Å². The van der Waals surface area contributed by atoms with Gasteiger partial charge in [-0.05, 0) is 70.9 Å². The van der Waals surface area contributed by atoms with E-state index in [4.69, 9.17) is 23.2 Å². The Morgan fingerprint density at radius 2 is 1.90 bits per heavy atom. The molecule has 1 N–H and O–H groups in total. The SMILES string of the molecule is CCCNC(Cc1sccc1Br)Cc1c(Cl)cccc1Cl. The summed E-state index contributed by atoms with van der Waals surface area (Å²) in [4.78, 5) is 1.35. The number of hydrogen-bond donors (Lipinski definition) is 1. The maximum atomic E-state index is 6.30. The van der Waals surface area contributed by atoms with Crippen LogP contribution in [-0.2, 0) is 12.8 Å². The molecule has 114 valence electrons. The zero-order chi connectivity index (χ0) is 15.2. The lowest BCUT2D eigenvalue weighted by atomic mass is 10.0. The fraction of sp³-hybridized carbons (Fsp3) is 0.375. The van der Waals surface area contributed by atoms with Crippen LogP contribution in [0.5, 0.6) is 0 Å². The van der Waals surface area contributed by atoms with E-state index in [9.17, 15) is 0 Å². The van der Waals surface area contributed by atoms with Gasteiger partial charge < -0.3 is 5.32 Å². The molecular formula is C16H18BrCl2NS. The van der Waals surface area contributed by atoms with Crippen LogP contribution in [0.25, 0.3) is 0 Å². The summed E-state index contributed by atoms with van der Waals surface area (Å²) < 4.78 is 1.18. The second-order valence-corrected chi connectivity index (χ2v) is 7.62. The van der Waals surface area contributed by atoms with E-state index in [0.717, 1.165) is 41.4 Å². The fourth-order valence-corrected chi connectivity index (χ4v) is 4.38. The minimum atomic E-state index is 0.331. The smallest absolute Gasteiger partial charge is 0.0453 e. The van der Waals surface area contributed by atoms with Crippen LogP contribution >= 0.6 is 50.5 Å². The monoisotopic (exact) mass is 405 g/mol. The fourth-order valence-electron chi connectivity index (χ4n) is 2.23. The Balaban J connectivity index is 2.14. The number of hydrogen-bond acceptors (Lipinski definition) is 2. The first-order chi connectivity index (χ1) is 10.1. The standard InChI is InChI=1S/C16H18BrCl2NS/c1-2-7-20-11(10-16-13(17)6-8-21-16)9-12-14(18)4-3-5-15(12)19/h3-6,8,11,20H,2,7,9-10H2,1H3. The van der Waals surface area contributed by atoms with Gasteiger partial charge in [0.15, 0.2) is 0 Å². The number of halogens is 3. The van der Waals surface area contributed by atoms with E-state index < -0.39 is 0 Å². The van der Waals surface area contributed by atoms with E-state index in [1.54, 1.807) is 11.3 Å². The molecular weight excluding hydrogens is 389 g/mol. The molecule has 0 aliphatic carbocycles. The molecule has 0 aliphatic heterocycles.